The summed E-state index contributed by atoms with van der Waals surface area (Å²) in [6, 6.07) is 11.3. The Bertz CT molecular complexity index is 1650. The van der Waals surface area contributed by atoms with E-state index in [0.717, 1.165) is 5.56 Å². The smallest absolute Gasteiger partial charge is 0.326 e. The molecule has 0 fully saturated rings. The summed E-state index contributed by atoms with van der Waals surface area (Å²) in [6.45, 7) is 9.33. The lowest BCUT2D eigenvalue weighted by atomic mass is 9.96. The fourth-order valence-corrected chi connectivity index (χ4v) is 5.84. The van der Waals surface area contributed by atoms with E-state index >= 15 is 0 Å². The van der Waals surface area contributed by atoms with E-state index in [1.54, 1.807) is 73.5 Å². The lowest BCUT2D eigenvalue weighted by molar-refractivity contribution is -0.142. The van der Waals surface area contributed by atoms with Gasteiger partial charge in [0.05, 0.1) is 5.69 Å². The first kappa shape index (κ1) is 43.0. The monoisotopic (exact) mass is 768 g/mol. The van der Waals surface area contributed by atoms with Gasteiger partial charge in [0, 0.05) is 18.0 Å². The second-order valence-electron chi connectivity index (χ2n) is 13.7. The number of carbonyl (C=O) groups excluding carboxylic acids is 4. The molecule has 0 aromatic heterocycles. The maximum Gasteiger partial charge on any atom is 0.326 e. The Labute approximate surface area is 320 Å². The zero-order valence-corrected chi connectivity index (χ0v) is 32.1. The molecule has 0 aliphatic carbocycles. The molecule has 0 bridgehead atoms. The zero-order valence-electron chi connectivity index (χ0n) is 31.3. The Hall–Kier alpha value is -5.38. The molecule has 4 amide bonds. The van der Waals surface area contributed by atoms with E-state index in [1.165, 1.54) is 0 Å². The highest BCUT2D eigenvalue weighted by Gasteiger charge is 2.35. The van der Waals surface area contributed by atoms with Crippen LogP contribution in [0.25, 0.3) is 0 Å². The molecule has 54 heavy (non-hydrogen) atoms. The Kier molecular flexibility index (Phi) is 16.5. The van der Waals surface area contributed by atoms with E-state index in [2.05, 4.69) is 36.7 Å². The molecule has 3 rings (SSSR count). The van der Waals surface area contributed by atoms with Gasteiger partial charge in [-0.15, -0.1) is 0 Å². The number of halogens is 1. The molecule has 1 aliphatic rings. The van der Waals surface area contributed by atoms with Crippen molar-refractivity contribution < 1.29 is 29.1 Å². The number of amides is 4. The average molecular weight is 769 g/mol. The molecular formula is C37H53ClN10O6. The first-order valence-corrected chi connectivity index (χ1v) is 18.4. The number of anilines is 1. The minimum absolute atomic E-state index is 0.0229. The molecule has 0 spiro atoms. The van der Waals surface area contributed by atoms with Gasteiger partial charge < -0.3 is 37.8 Å². The van der Waals surface area contributed by atoms with Crippen molar-refractivity contribution in [2.24, 2.45) is 33.3 Å². The lowest BCUT2D eigenvalue weighted by Crippen LogP contribution is -2.60. The van der Waals surface area contributed by atoms with Gasteiger partial charge in [-0.2, -0.15) is 0 Å². The Morgan fingerprint density at radius 2 is 1.54 bits per heavy atom. The topological polar surface area (TPSA) is 246 Å². The molecule has 16 nitrogen and oxygen atoms in total. The van der Waals surface area contributed by atoms with Gasteiger partial charge in [0.2, 0.25) is 23.6 Å². The van der Waals surface area contributed by atoms with E-state index in [0.29, 0.717) is 23.6 Å². The van der Waals surface area contributed by atoms with Gasteiger partial charge in [0.25, 0.3) is 5.91 Å². The van der Waals surface area contributed by atoms with Crippen LogP contribution in [0, 0.1) is 11.8 Å². The summed E-state index contributed by atoms with van der Waals surface area (Å²) >= 11 is 6.03. The van der Waals surface area contributed by atoms with Crippen LogP contribution in [0.15, 0.2) is 64.6 Å². The van der Waals surface area contributed by atoms with Crippen molar-refractivity contribution in [3.05, 3.63) is 65.2 Å². The molecule has 2 aromatic carbocycles. The quantitative estimate of drug-likeness (QED) is 0.0552. The summed E-state index contributed by atoms with van der Waals surface area (Å²) in [4.78, 5) is 75.3. The number of carboxylic acids is 1. The van der Waals surface area contributed by atoms with E-state index < -0.39 is 59.9 Å². The molecule has 294 valence electrons. The zero-order chi connectivity index (χ0) is 39.9. The van der Waals surface area contributed by atoms with E-state index in [-0.39, 0.29) is 49.4 Å². The number of nitrogens with zero attached hydrogens (tertiary/aromatic N) is 3. The number of nitrogens with two attached hydrogens (primary N) is 2. The third kappa shape index (κ3) is 13.2. The number of nitrogens with one attached hydrogen (secondary N) is 5. The van der Waals surface area contributed by atoms with Gasteiger partial charge in [-0.05, 0) is 67.9 Å². The molecule has 1 heterocycles. The van der Waals surface area contributed by atoms with Crippen LogP contribution in [0.1, 0.15) is 65.9 Å². The summed E-state index contributed by atoms with van der Waals surface area (Å²) < 4.78 is 0. The molecule has 1 aliphatic heterocycles. The largest absolute Gasteiger partial charge is 0.480 e. The summed E-state index contributed by atoms with van der Waals surface area (Å²) in [5, 5.41) is 23.0. The van der Waals surface area contributed by atoms with Crippen molar-refractivity contribution in [1.82, 2.24) is 26.7 Å². The Morgan fingerprint density at radius 3 is 2.13 bits per heavy atom. The van der Waals surface area contributed by atoms with Crippen molar-refractivity contribution in [1.29, 1.82) is 0 Å². The molecule has 0 saturated heterocycles. The van der Waals surface area contributed by atoms with Crippen LogP contribution in [-0.2, 0) is 30.4 Å². The van der Waals surface area contributed by atoms with Crippen LogP contribution in [0.3, 0.4) is 0 Å². The van der Waals surface area contributed by atoms with E-state index in [9.17, 15) is 29.1 Å². The average Bonchev–Trinajstić information content (AvgIpc) is 3.52. The number of aliphatic carboxylic acids is 1. The van der Waals surface area contributed by atoms with Crippen LogP contribution in [0.4, 0.5) is 5.69 Å². The highest BCUT2D eigenvalue weighted by atomic mass is 35.5. The number of carbonyl (C=O) groups is 5. The Balaban J connectivity index is 1.78. The normalized spacial score (nSPS) is 16.5. The predicted molar refractivity (Wildman–Crippen MR) is 208 cm³/mol. The summed E-state index contributed by atoms with van der Waals surface area (Å²) in [5.41, 5.74) is 15.3. The number of rotatable bonds is 20. The lowest BCUT2D eigenvalue weighted by Gasteiger charge is -2.29. The molecule has 0 radical (unpaired) electrons. The third-order valence-corrected chi connectivity index (χ3v) is 9.09. The molecule has 0 saturated carbocycles. The maximum atomic E-state index is 13.9. The Morgan fingerprint density at radius 1 is 0.907 bits per heavy atom. The maximum absolute atomic E-state index is 13.9. The SMILES string of the molecule is CC[C@H](C)[C@H](NC(=O)[C@H](CC(C)C)NC(=O)[C@H](CCCN=C(N)N)NC(=O)C1=NC(C)N(c2ccc(Cl)cc2)N1)C(=O)N[C@@H](Cc1ccccc1)C(=O)O. The molecule has 2 aromatic rings. The molecule has 10 N–H and O–H groups in total. The number of hydrazine groups is 1. The predicted octanol–water partition coefficient (Wildman–Crippen LogP) is 1.82. The highest BCUT2D eigenvalue weighted by molar-refractivity contribution is 6.39. The second-order valence-corrected chi connectivity index (χ2v) is 14.1. The van der Waals surface area contributed by atoms with Gasteiger partial charge >= 0.3 is 5.97 Å². The number of aliphatic imine (C=N–C) groups is 2. The first-order valence-electron chi connectivity index (χ1n) is 18.0. The van der Waals surface area contributed by atoms with Crippen LogP contribution < -0.4 is 43.2 Å². The van der Waals surface area contributed by atoms with Crippen molar-refractivity contribution >= 4 is 58.7 Å². The molecule has 17 heteroatoms. The minimum atomic E-state index is -1.24. The standard InChI is InChI=1S/C37H53ClN10O6/c1-6-22(4)30(34(51)45-29(36(53)54)20-24-11-8-7-9-12-24)46-33(50)28(19-21(2)3)44-32(49)27(13-10-18-41-37(39)40)43-35(52)31-42-23(5)48(47-31)26-16-14-25(38)15-17-26/h7-9,11-12,14-17,21-23,27-30H,6,10,13,18-20H2,1-5H3,(H,42,47)(H,43,52)(H,44,49)(H,45,51)(H,46,50)(H,53,54)(H4,39,40,41)/t22-,23?,27-,28-,29-,30-/m0/s1. The van der Waals surface area contributed by atoms with Gasteiger partial charge in [-0.25, -0.2) is 9.79 Å². The van der Waals surface area contributed by atoms with Crippen molar-refractivity contribution in [3.8, 4) is 0 Å². The molecule has 6 atom stereocenters. The van der Waals surface area contributed by atoms with E-state index in [4.69, 9.17) is 23.1 Å². The van der Waals surface area contributed by atoms with E-state index in [1.807, 2.05) is 20.8 Å². The van der Waals surface area contributed by atoms with Gasteiger partial charge in [-0.1, -0.05) is 76.0 Å². The fraction of sp³-hybridized carbons (Fsp3) is 0.486. The van der Waals surface area contributed by atoms with Crippen LogP contribution >= 0.6 is 11.6 Å². The number of amidine groups is 1. The van der Waals surface area contributed by atoms with Gasteiger partial charge in [0.15, 0.2) is 5.96 Å². The number of hydrogen-bond donors (Lipinski definition) is 8. The first-order chi connectivity index (χ1) is 25.6. The van der Waals surface area contributed by atoms with Crippen molar-refractivity contribution in [2.45, 2.75) is 97.1 Å². The van der Waals surface area contributed by atoms with Crippen LogP contribution in [0.2, 0.25) is 5.02 Å². The number of guanidine groups is 1. The minimum Gasteiger partial charge on any atom is -0.480 e. The second kappa shape index (κ2) is 20.8. The van der Waals surface area contributed by atoms with Gasteiger partial charge in [-0.3, -0.25) is 34.6 Å². The van der Waals surface area contributed by atoms with Crippen LogP contribution in [0.5, 0.6) is 0 Å². The van der Waals surface area contributed by atoms with Gasteiger partial charge in [0.1, 0.15) is 30.3 Å². The summed E-state index contributed by atoms with van der Waals surface area (Å²) in [6.07, 6.45) is 0.713. The highest BCUT2D eigenvalue weighted by Crippen LogP contribution is 2.21. The third-order valence-electron chi connectivity index (χ3n) is 8.83. The summed E-state index contributed by atoms with van der Waals surface area (Å²) in [7, 11) is 0. The van der Waals surface area contributed by atoms with Crippen molar-refractivity contribution in [2.75, 3.05) is 11.6 Å². The number of benzene rings is 2. The number of hydrogen-bond acceptors (Lipinski definition) is 9. The van der Waals surface area contributed by atoms with Crippen LogP contribution in [-0.4, -0.2) is 83.4 Å². The molecule has 1 unspecified atom stereocenters. The molecular weight excluding hydrogens is 716 g/mol. The fourth-order valence-electron chi connectivity index (χ4n) is 5.71. The summed E-state index contributed by atoms with van der Waals surface area (Å²) in [5.74, 6) is -4.39. The number of carboxylic acid groups (broad SMARTS) is 1. The van der Waals surface area contributed by atoms with Crippen molar-refractivity contribution in [3.63, 3.8) is 0 Å².